The molecule has 3 amide bonds. The summed E-state index contributed by atoms with van der Waals surface area (Å²) in [5.41, 5.74) is 1.47. The molecule has 0 aliphatic carbocycles. The lowest BCUT2D eigenvalue weighted by molar-refractivity contribution is -0.126. The monoisotopic (exact) mass is 503 g/mol. The molecule has 1 saturated heterocycles. The molecule has 0 spiro atoms. The number of hydrogen-bond donors (Lipinski definition) is 2. The number of nitrogens with zero attached hydrogens (tertiary/aromatic N) is 1. The second kappa shape index (κ2) is 12.1. The van der Waals surface area contributed by atoms with E-state index in [-0.39, 0.29) is 30.1 Å². The normalized spacial score (nSPS) is 15.5. The number of nitrogens with one attached hydrogen (secondary N) is 2. The number of anilines is 1. The number of carbonyl (C=O) groups is 4. The minimum Gasteiger partial charge on any atom is -0.459 e. The van der Waals surface area contributed by atoms with Gasteiger partial charge in [0.2, 0.25) is 11.8 Å². The van der Waals surface area contributed by atoms with Crippen molar-refractivity contribution in [3.63, 3.8) is 0 Å². The van der Waals surface area contributed by atoms with Gasteiger partial charge in [-0.2, -0.15) is 0 Å². The average molecular weight is 504 g/mol. The summed E-state index contributed by atoms with van der Waals surface area (Å²) in [4.78, 5) is 52.8. The van der Waals surface area contributed by atoms with E-state index in [2.05, 4.69) is 10.6 Å². The van der Waals surface area contributed by atoms with Crippen LogP contribution in [0.4, 0.5) is 5.69 Å². The molecule has 1 fully saturated rings. The van der Waals surface area contributed by atoms with Crippen LogP contribution in [-0.2, 0) is 14.3 Å². The first-order valence-electron chi connectivity index (χ1n) is 12.1. The van der Waals surface area contributed by atoms with Gasteiger partial charge < -0.3 is 19.8 Å². The molecule has 1 aromatic heterocycles. The summed E-state index contributed by atoms with van der Waals surface area (Å²) in [6, 6.07) is 17.4. The Kier molecular flexibility index (Phi) is 8.48. The molecule has 0 saturated carbocycles. The summed E-state index contributed by atoms with van der Waals surface area (Å²) < 4.78 is 10.7. The Morgan fingerprint density at radius 2 is 1.73 bits per heavy atom. The van der Waals surface area contributed by atoms with E-state index in [0.29, 0.717) is 30.0 Å². The number of carbonyl (C=O) groups excluding carboxylic acids is 4. The predicted octanol–water partition coefficient (Wildman–Crippen LogP) is 3.28. The van der Waals surface area contributed by atoms with E-state index in [1.807, 2.05) is 6.07 Å². The van der Waals surface area contributed by atoms with E-state index < -0.39 is 17.9 Å². The molecule has 4 rings (SSSR count). The molecule has 0 radical (unpaired) electrons. The van der Waals surface area contributed by atoms with E-state index >= 15 is 0 Å². The zero-order chi connectivity index (χ0) is 26.2. The molecule has 192 valence electrons. The largest absolute Gasteiger partial charge is 0.459 e. The van der Waals surface area contributed by atoms with Crippen molar-refractivity contribution in [1.82, 2.24) is 10.6 Å². The number of Topliss-reactive ketones (excluding diaryl/α,β-unsaturated/α-hetero) is 1. The predicted molar refractivity (Wildman–Crippen MR) is 136 cm³/mol. The highest BCUT2D eigenvalue weighted by molar-refractivity contribution is 6.04. The molecule has 0 unspecified atom stereocenters. The summed E-state index contributed by atoms with van der Waals surface area (Å²) >= 11 is 0. The van der Waals surface area contributed by atoms with Gasteiger partial charge in [-0.3, -0.25) is 24.1 Å². The maximum atomic E-state index is 13.6. The van der Waals surface area contributed by atoms with Crippen LogP contribution >= 0.6 is 0 Å². The van der Waals surface area contributed by atoms with E-state index in [1.54, 1.807) is 54.6 Å². The van der Waals surface area contributed by atoms with Crippen LogP contribution in [0.2, 0.25) is 0 Å². The van der Waals surface area contributed by atoms with Crippen LogP contribution in [0, 0.1) is 0 Å². The third-order valence-corrected chi connectivity index (χ3v) is 6.12. The first kappa shape index (κ1) is 25.8. The van der Waals surface area contributed by atoms with Crippen LogP contribution < -0.4 is 15.5 Å². The maximum Gasteiger partial charge on any atom is 0.287 e. The zero-order valence-electron chi connectivity index (χ0n) is 20.5. The van der Waals surface area contributed by atoms with Gasteiger partial charge in [-0.1, -0.05) is 30.3 Å². The van der Waals surface area contributed by atoms with Crippen LogP contribution in [-0.4, -0.2) is 49.3 Å². The Morgan fingerprint density at radius 3 is 2.35 bits per heavy atom. The van der Waals surface area contributed by atoms with E-state index in [4.69, 9.17) is 9.15 Å². The van der Waals surface area contributed by atoms with Crippen LogP contribution in [0.15, 0.2) is 77.4 Å². The Bertz CT molecular complexity index is 1220. The van der Waals surface area contributed by atoms with Crippen molar-refractivity contribution in [2.45, 2.75) is 31.9 Å². The first-order valence-corrected chi connectivity index (χ1v) is 12.1. The minimum atomic E-state index is -1.03. The number of rotatable bonds is 10. The van der Waals surface area contributed by atoms with Crippen LogP contribution in [0.1, 0.15) is 52.3 Å². The van der Waals surface area contributed by atoms with Crippen molar-refractivity contribution in [1.29, 1.82) is 0 Å². The van der Waals surface area contributed by atoms with Crippen molar-refractivity contribution in [3.05, 3.63) is 89.9 Å². The standard InChI is InChI=1S/C28H29N3O6/c1-19(32)20-11-13-22(14-12-20)31(25(33)18-30-27(34)24-10-6-16-37-24)26(21-7-3-2-4-8-21)28(35)29-17-23-9-5-15-36-23/h2-4,6-8,10-14,16,23,26H,5,9,15,17-18H2,1H3,(H,29,35)(H,30,34)/t23-,26-/m0/s1. The van der Waals surface area contributed by atoms with Gasteiger partial charge in [0.25, 0.3) is 5.91 Å². The van der Waals surface area contributed by atoms with E-state index in [0.717, 1.165) is 12.8 Å². The second-order valence-electron chi connectivity index (χ2n) is 8.72. The molecule has 2 atom stereocenters. The van der Waals surface area contributed by atoms with Crippen molar-refractivity contribution in [2.75, 3.05) is 24.6 Å². The van der Waals surface area contributed by atoms with Crippen LogP contribution in [0.25, 0.3) is 0 Å². The van der Waals surface area contributed by atoms with E-state index in [1.165, 1.54) is 24.2 Å². The fraction of sp³-hybridized carbons (Fsp3) is 0.286. The fourth-order valence-electron chi connectivity index (χ4n) is 4.20. The summed E-state index contributed by atoms with van der Waals surface area (Å²) in [5, 5.41) is 5.49. The van der Waals surface area contributed by atoms with Gasteiger partial charge in [-0.15, -0.1) is 0 Å². The molecule has 2 aromatic carbocycles. The quantitative estimate of drug-likeness (QED) is 0.410. The molecule has 0 bridgehead atoms. The van der Waals surface area contributed by atoms with Gasteiger partial charge in [0.15, 0.2) is 11.5 Å². The summed E-state index contributed by atoms with van der Waals surface area (Å²) in [7, 11) is 0. The Balaban J connectivity index is 1.65. The molecule has 9 heteroatoms. The third-order valence-electron chi connectivity index (χ3n) is 6.12. The smallest absolute Gasteiger partial charge is 0.287 e. The van der Waals surface area contributed by atoms with Gasteiger partial charge >= 0.3 is 0 Å². The molecular weight excluding hydrogens is 474 g/mol. The second-order valence-corrected chi connectivity index (χ2v) is 8.72. The van der Waals surface area contributed by atoms with Crippen molar-refractivity contribution >= 4 is 29.2 Å². The number of hydrogen-bond acceptors (Lipinski definition) is 6. The minimum absolute atomic E-state index is 0.0686. The molecule has 2 heterocycles. The molecule has 37 heavy (non-hydrogen) atoms. The summed E-state index contributed by atoms with van der Waals surface area (Å²) in [6.45, 7) is 2.05. The van der Waals surface area contributed by atoms with Crippen molar-refractivity contribution in [3.8, 4) is 0 Å². The Labute approximate surface area is 214 Å². The van der Waals surface area contributed by atoms with Crippen LogP contribution in [0.5, 0.6) is 0 Å². The van der Waals surface area contributed by atoms with Gasteiger partial charge in [-0.25, -0.2) is 0 Å². The lowest BCUT2D eigenvalue weighted by Crippen LogP contribution is -2.48. The molecule has 1 aliphatic rings. The van der Waals surface area contributed by atoms with Gasteiger partial charge in [0.05, 0.1) is 18.9 Å². The number of furan rings is 1. The van der Waals surface area contributed by atoms with Crippen molar-refractivity contribution in [2.24, 2.45) is 0 Å². The zero-order valence-corrected chi connectivity index (χ0v) is 20.5. The highest BCUT2D eigenvalue weighted by Crippen LogP contribution is 2.29. The number of ether oxygens (including phenoxy) is 1. The lowest BCUT2D eigenvalue weighted by atomic mass is 10.0. The van der Waals surface area contributed by atoms with Crippen LogP contribution in [0.3, 0.4) is 0 Å². The third kappa shape index (κ3) is 6.50. The summed E-state index contributed by atoms with van der Waals surface area (Å²) in [6.07, 6.45) is 3.07. The van der Waals surface area contributed by atoms with Gasteiger partial charge in [-0.05, 0) is 61.7 Å². The Morgan fingerprint density at radius 1 is 0.973 bits per heavy atom. The maximum absolute atomic E-state index is 13.6. The summed E-state index contributed by atoms with van der Waals surface area (Å²) in [5.74, 6) is -1.51. The molecule has 1 aliphatic heterocycles. The molecule has 3 aromatic rings. The van der Waals surface area contributed by atoms with Gasteiger partial charge in [0, 0.05) is 24.4 Å². The first-order chi connectivity index (χ1) is 17.9. The molecule has 2 N–H and O–H groups in total. The highest BCUT2D eigenvalue weighted by atomic mass is 16.5. The SMILES string of the molecule is CC(=O)c1ccc(N(C(=O)CNC(=O)c2ccco2)[C@H](C(=O)NC[C@@H]2CCCO2)c2ccccc2)cc1. The number of benzene rings is 2. The van der Waals surface area contributed by atoms with Crippen molar-refractivity contribution < 1.29 is 28.3 Å². The average Bonchev–Trinajstić information content (AvgIpc) is 3.64. The number of ketones is 1. The topological polar surface area (TPSA) is 118 Å². The molecular formula is C28H29N3O6. The fourth-order valence-corrected chi connectivity index (χ4v) is 4.20. The highest BCUT2D eigenvalue weighted by Gasteiger charge is 2.33. The Hall–Kier alpha value is -4.24. The van der Waals surface area contributed by atoms with Gasteiger partial charge in [0.1, 0.15) is 6.04 Å². The lowest BCUT2D eigenvalue weighted by Gasteiger charge is -2.32. The molecule has 9 nitrogen and oxygen atoms in total. The van der Waals surface area contributed by atoms with E-state index in [9.17, 15) is 19.2 Å². The number of amides is 3.